The maximum absolute atomic E-state index is 12.7. The smallest absolute Gasteiger partial charge is 0.315 e. The number of benzene rings is 3. The van der Waals surface area contributed by atoms with Gasteiger partial charge in [0, 0.05) is 37.9 Å². The molecule has 0 fully saturated rings. The van der Waals surface area contributed by atoms with Crippen LogP contribution < -0.4 is 20.3 Å². The monoisotopic (exact) mass is 459 g/mol. The van der Waals surface area contributed by atoms with Gasteiger partial charge in [-0.3, -0.25) is 4.79 Å². The van der Waals surface area contributed by atoms with Gasteiger partial charge in [-0.05, 0) is 60.2 Å². The minimum absolute atomic E-state index is 0.0319. The summed E-state index contributed by atoms with van der Waals surface area (Å²) in [7, 11) is 0. The van der Waals surface area contributed by atoms with Gasteiger partial charge in [0.15, 0.2) is 0 Å². The number of nitrogens with one attached hydrogen (secondary N) is 2. The van der Waals surface area contributed by atoms with E-state index >= 15 is 0 Å². The summed E-state index contributed by atoms with van der Waals surface area (Å²) in [6.07, 6.45) is 0.528. The Balaban J connectivity index is 1.29. The standard InChI is InChI=1S/C28H33N3O3/c1-4-31(5-2)23-12-13-24-19(3)25(27(32)34-26(24)17-23)14-15-29-28(33)30-18-20-10-11-21-8-6-7-9-22(21)16-20/h6-13,16-17,19,25H,4-5,14-15,18H2,1-3H3,(H2,29,30,33). The van der Waals surface area contributed by atoms with Crippen molar-refractivity contribution in [2.24, 2.45) is 5.92 Å². The van der Waals surface area contributed by atoms with E-state index < -0.39 is 0 Å². The largest absolute Gasteiger partial charge is 0.426 e. The van der Waals surface area contributed by atoms with Gasteiger partial charge in [0.1, 0.15) is 5.75 Å². The summed E-state index contributed by atoms with van der Waals surface area (Å²) in [5.74, 6) is 0.173. The van der Waals surface area contributed by atoms with Crippen molar-refractivity contribution in [3.63, 3.8) is 0 Å². The van der Waals surface area contributed by atoms with Crippen LogP contribution in [0.25, 0.3) is 10.8 Å². The van der Waals surface area contributed by atoms with Crippen LogP contribution in [0.2, 0.25) is 0 Å². The van der Waals surface area contributed by atoms with E-state index in [4.69, 9.17) is 4.74 Å². The molecule has 2 N–H and O–H groups in total. The SMILES string of the molecule is CCN(CC)c1ccc2c(c1)OC(=O)C(CCNC(=O)NCc1ccc3ccccc3c1)C2C. The summed E-state index contributed by atoms with van der Waals surface area (Å²) >= 11 is 0. The second-order valence-electron chi connectivity index (χ2n) is 8.79. The minimum Gasteiger partial charge on any atom is -0.426 e. The zero-order chi connectivity index (χ0) is 24.1. The fourth-order valence-electron chi connectivity index (χ4n) is 4.68. The molecule has 2 amide bonds. The van der Waals surface area contributed by atoms with Crippen LogP contribution in [0.5, 0.6) is 5.75 Å². The summed E-state index contributed by atoms with van der Waals surface area (Å²) in [6.45, 7) is 8.92. The molecule has 1 aliphatic rings. The molecule has 0 spiro atoms. The predicted molar refractivity (Wildman–Crippen MR) is 136 cm³/mol. The molecule has 2 unspecified atom stereocenters. The van der Waals surface area contributed by atoms with Crippen molar-refractivity contribution in [2.75, 3.05) is 24.5 Å². The fraction of sp³-hybridized carbons (Fsp3) is 0.357. The number of hydrogen-bond acceptors (Lipinski definition) is 4. The van der Waals surface area contributed by atoms with E-state index in [0.717, 1.165) is 35.3 Å². The molecule has 0 saturated carbocycles. The molecular formula is C28H33N3O3. The highest BCUT2D eigenvalue weighted by Gasteiger charge is 2.35. The minimum atomic E-state index is -0.285. The maximum atomic E-state index is 12.7. The third-order valence-corrected chi connectivity index (χ3v) is 6.74. The normalized spacial score (nSPS) is 17.1. The number of carbonyl (C=O) groups excluding carboxylic acids is 2. The van der Waals surface area contributed by atoms with Crippen molar-refractivity contribution < 1.29 is 14.3 Å². The van der Waals surface area contributed by atoms with E-state index in [1.807, 2.05) is 24.3 Å². The Morgan fingerprint density at radius 1 is 0.971 bits per heavy atom. The number of amides is 2. The Labute approximate surface area is 201 Å². The predicted octanol–water partition coefficient (Wildman–Crippen LogP) is 5.21. The molecule has 3 aromatic carbocycles. The molecule has 0 bridgehead atoms. The molecule has 1 heterocycles. The molecule has 34 heavy (non-hydrogen) atoms. The van der Waals surface area contributed by atoms with Crippen molar-refractivity contribution in [3.8, 4) is 5.75 Å². The van der Waals surface area contributed by atoms with Crippen LogP contribution in [0.4, 0.5) is 10.5 Å². The highest BCUT2D eigenvalue weighted by atomic mass is 16.5. The van der Waals surface area contributed by atoms with Crippen molar-refractivity contribution in [3.05, 3.63) is 71.8 Å². The first-order valence-electron chi connectivity index (χ1n) is 12.1. The third-order valence-electron chi connectivity index (χ3n) is 6.74. The van der Waals surface area contributed by atoms with Gasteiger partial charge in [-0.25, -0.2) is 4.79 Å². The Hall–Kier alpha value is -3.54. The number of rotatable bonds is 8. The molecule has 0 aromatic heterocycles. The second-order valence-corrected chi connectivity index (χ2v) is 8.79. The quantitative estimate of drug-likeness (QED) is 0.358. The summed E-state index contributed by atoms with van der Waals surface area (Å²) in [4.78, 5) is 27.2. The van der Waals surface area contributed by atoms with Crippen molar-refractivity contribution in [2.45, 2.75) is 39.7 Å². The molecule has 0 radical (unpaired) electrons. The van der Waals surface area contributed by atoms with Gasteiger partial charge in [-0.2, -0.15) is 0 Å². The molecule has 2 atom stereocenters. The molecule has 178 valence electrons. The lowest BCUT2D eigenvalue weighted by Crippen LogP contribution is -2.38. The molecule has 0 aliphatic carbocycles. The Kier molecular flexibility index (Phi) is 7.36. The molecular weight excluding hydrogens is 426 g/mol. The Bertz CT molecular complexity index is 1170. The van der Waals surface area contributed by atoms with Crippen LogP contribution in [0.3, 0.4) is 0 Å². The number of hydrogen-bond donors (Lipinski definition) is 2. The van der Waals surface area contributed by atoms with Gasteiger partial charge in [0.05, 0.1) is 5.92 Å². The van der Waals surface area contributed by atoms with Gasteiger partial charge in [0.2, 0.25) is 0 Å². The zero-order valence-corrected chi connectivity index (χ0v) is 20.1. The van der Waals surface area contributed by atoms with Crippen LogP contribution >= 0.6 is 0 Å². The summed E-state index contributed by atoms with van der Waals surface area (Å²) in [6, 6.07) is 20.2. The summed E-state index contributed by atoms with van der Waals surface area (Å²) in [5.41, 5.74) is 3.15. The number of nitrogens with zero attached hydrogens (tertiary/aromatic N) is 1. The average Bonchev–Trinajstić information content (AvgIpc) is 2.85. The number of urea groups is 1. The van der Waals surface area contributed by atoms with Crippen molar-refractivity contribution in [1.82, 2.24) is 10.6 Å². The lowest BCUT2D eigenvalue weighted by Gasteiger charge is -2.31. The maximum Gasteiger partial charge on any atom is 0.315 e. The van der Waals surface area contributed by atoms with Gasteiger partial charge in [0.25, 0.3) is 0 Å². The molecule has 3 aromatic rings. The van der Waals surface area contributed by atoms with E-state index in [2.05, 4.69) is 72.7 Å². The van der Waals surface area contributed by atoms with Gasteiger partial charge in [-0.1, -0.05) is 49.4 Å². The number of fused-ring (bicyclic) bond motifs is 2. The number of ether oxygens (including phenoxy) is 1. The van der Waals surface area contributed by atoms with Gasteiger partial charge in [-0.15, -0.1) is 0 Å². The zero-order valence-electron chi connectivity index (χ0n) is 20.1. The number of carbonyl (C=O) groups is 2. The van der Waals surface area contributed by atoms with E-state index in [9.17, 15) is 9.59 Å². The fourth-order valence-corrected chi connectivity index (χ4v) is 4.68. The van der Waals surface area contributed by atoms with E-state index in [1.54, 1.807) is 0 Å². The van der Waals surface area contributed by atoms with Gasteiger partial charge >= 0.3 is 12.0 Å². The molecule has 4 rings (SSSR count). The van der Waals surface area contributed by atoms with Gasteiger partial charge < -0.3 is 20.3 Å². The van der Waals surface area contributed by atoms with Crippen LogP contribution in [-0.4, -0.2) is 31.6 Å². The molecule has 1 aliphatic heterocycles. The molecule has 0 saturated heterocycles. The van der Waals surface area contributed by atoms with Crippen LogP contribution in [-0.2, 0) is 11.3 Å². The lowest BCUT2D eigenvalue weighted by atomic mass is 9.83. The third kappa shape index (κ3) is 5.16. The summed E-state index contributed by atoms with van der Waals surface area (Å²) < 4.78 is 5.70. The Morgan fingerprint density at radius 3 is 2.50 bits per heavy atom. The Morgan fingerprint density at radius 2 is 1.74 bits per heavy atom. The van der Waals surface area contributed by atoms with E-state index in [0.29, 0.717) is 25.3 Å². The van der Waals surface area contributed by atoms with E-state index in [1.165, 1.54) is 5.39 Å². The van der Waals surface area contributed by atoms with Crippen LogP contribution in [0, 0.1) is 5.92 Å². The second kappa shape index (κ2) is 10.6. The first-order chi connectivity index (χ1) is 16.5. The van der Waals surface area contributed by atoms with E-state index in [-0.39, 0.29) is 23.8 Å². The van der Waals surface area contributed by atoms with Crippen molar-refractivity contribution in [1.29, 1.82) is 0 Å². The van der Waals surface area contributed by atoms with Crippen molar-refractivity contribution >= 4 is 28.5 Å². The molecule has 6 heteroatoms. The topological polar surface area (TPSA) is 70.7 Å². The first-order valence-corrected chi connectivity index (χ1v) is 12.1. The van der Waals surface area contributed by atoms with Crippen LogP contribution in [0.15, 0.2) is 60.7 Å². The summed E-state index contributed by atoms with van der Waals surface area (Å²) in [5, 5.41) is 8.10. The number of anilines is 1. The highest BCUT2D eigenvalue weighted by Crippen LogP contribution is 2.40. The highest BCUT2D eigenvalue weighted by molar-refractivity contribution is 5.83. The first kappa shape index (κ1) is 23.6. The van der Waals surface area contributed by atoms with Crippen LogP contribution in [0.1, 0.15) is 44.2 Å². The lowest BCUT2D eigenvalue weighted by molar-refractivity contribution is -0.141. The molecule has 6 nitrogen and oxygen atoms in total. The average molecular weight is 460 g/mol. The number of esters is 1.